The Hall–Kier alpha value is -0.980. The molecule has 0 bridgehead atoms. The van der Waals surface area contributed by atoms with Gasteiger partial charge >= 0.3 is 0 Å². The molecule has 0 radical (unpaired) electrons. The van der Waals surface area contributed by atoms with Gasteiger partial charge in [-0.05, 0) is 12.8 Å². The van der Waals surface area contributed by atoms with Gasteiger partial charge in [0.25, 0.3) is 0 Å². The fourth-order valence-electron chi connectivity index (χ4n) is 3.04. The quantitative estimate of drug-likeness (QED) is 0.846. The van der Waals surface area contributed by atoms with Gasteiger partial charge in [-0.3, -0.25) is 9.69 Å². The van der Waals surface area contributed by atoms with Crippen molar-refractivity contribution < 1.29 is 9.53 Å². The molecule has 3 heterocycles. The van der Waals surface area contributed by atoms with Gasteiger partial charge in [0.2, 0.25) is 5.91 Å². The van der Waals surface area contributed by atoms with E-state index in [4.69, 9.17) is 4.74 Å². The minimum absolute atomic E-state index is 0.143. The van der Waals surface area contributed by atoms with E-state index in [-0.39, 0.29) is 11.3 Å². The molecule has 2 aliphatic rings. The summed E-state index contributed by atoms with van der Waals surface area (Å²) < 4.78 is 5.32. The molecule has 2 aliphatic heterocycles. The number of morpholine rings is 1. The topological polar surface area (TPSA) is 45.7 Å². The van der Waals surface area contributed by atoms with E-state index in [1.54, 1.807) is 11.3 Å². The zero-order valence-electron chi connectivity index (χ0n) is 12.6. The first kappa shape index (κ1) is 14.9. The van der Waals surface area contributed by atoms with Crippen molar-refractivity contribution in [2.75, 3.05) is 45.9 Å². The molecular formula is C15H23N3O2S. The Labute approximate surface area is 129 Å². The van der Waals surface area contributed by atoms with Crippen LogP contribution in [0.25, 0.3) is 0 Å². The first-order valence-electron chi connectivity index (χ1n) is 7.65. The van der Waals surface area contributed by atoms with Crippen molar-refractivity contribution in [3.8, 4) is 0 Å². The van der Waals surface area contributed by atoms with Crippen LogP contribution in [0.4, 0.5) is 0 Å². The molecule has 1 amide bonds. The van der Waals surface area contributed by atoms with E-state index >= 15 is 0 Å². The Bertz CT molecular complexity index is 463. The second-order valence-corrected chi connectivity index (χ2v) is 7.06. The Morgan fingerprint density at radius 3 is 2.67 bits per heavy atom. The number of piperidine rings is 1. The van der Waals surface area contributed by atoms with Crippen molar-refractivity contribution in [2.24, 2.45) is 0 Å². The van der Waals surface area contributed by atoms with E-state index in [1.165, 1.54) is 5.01 Å². The largest absolute Gasteiger partial charge is 0.379 e. The lowest BCUT2D eigenvalue weighted by Crippen LogP contribution is -2.49. The molecule has 0 saturated carbocycles. The maximum absolute atomic E-state index is 12.4. The third-order valence-electron chi connectivity index (χ3n) is 4.63. The van der Waals surface area contributed by atoms with Crippen LogP contribution in [0.3, 0.4) is 0 Å². The molecule has 0 N–H and O–H groups in total. The third-order valence-corrected chi connectivity index (χ3v) is 5.71. The molecule has 2 fully saturated rings. The number of amides is 1. The van der Waals surface area contributed by atoms with Gasteiger partial charge in [-0.25, -0.2) is 4.98 Å². The summed E-state index contributed by atoms with van der Waals surface area (Å²) in [6, 6.07) is 0. The lowest BCUT2D eigenvalue weighted by molar-refractivity contribution is -0.135. The minimum Gasteiger partial charge on any atom is -0.379 e. The highest BCUT2D eigenvalue weighted by molar-refractivity contribution is 7.09. The summed E-state index contributed by atoms with van der Waals surface area (Å²) in [7, 11) is 0. The van der Waals surface area contributed by atoms with Crippen LogP contribution in [0.1, 0.15) is 24.8 Å². The number of likely N-dealkylation sites (tertiary alicyclic amines) is 1. The molecule has 21 heavy (non-hydrogen) atoms. The zero-order chi connectivity index (χ0) is 14.7. The number of nitrogens with zero attached hydrogens (tertiary/aromatic N) is 3. The Morgan fingerprint density at radius 1 is 1.33 bits per heavy atom. The molecule has 0 spiro atoms. The molecule has 1 aromatic rings. The van der Waals surface area contributed by atoms with Crippen LogP contribution in [0.2, 0.25) is 0 Å². The number of ether oxygens (including phenoxy) is 1. The summed E-state index contributed by atoms with van der Waals surface area (Å²) in [6.45, 7) is 7.74. The van der Waals surface area contributed by atoms with Crippen LogP contribution >= 0.6 is 11.3 Å². The molecule has 5 nitrogen and oxygen atoms in total. The molecule has 3 rings (SSSR count). The van der Waals surface area contributed by atoms with E-state index < -0.39 is 0 Å². The first-order valence-corrected chi connectivity index (χ1v) is 8.53. The lowest BCUT2D eigenvalue weighted by atomic mass is 9.81. The van der Waals surface area contributed by atoms with E-state index in [2.05, 4.69) is 16.8 Å². The highest BCUT2D eigenvalue weighted by atomic mass is 32.1. The van der Waals surface area contributed by atoms with Gasteiger partial charge in [0.1, 0.15) is 0 Å². The molecule has 0 aliphatic carbocycles. The summed E-state index contributed by atoms with van der Waals surface area (Å²) in [4.78, 5) is 21.1. The molecule has 116 valence electrons. The average molecular weight is 309 g/mol. The van der Waals surface area contributed by atoms with Crippen LogP contribution in [-0.4, -0.2) is 66.6 Å². The van der Waals surface area contributed by atoms with Gasteiger partial charge in [0.05, 0.1) is 24.8 Å². The highest BCUT2D eigenvalue weighted by Gasteiger charge is 2.35. The van der Waals surface area contributed by atoms with Gasteiger partial charge in [0, 0.05) is 43.2 Å². The number of carbonyl (C=O) groups is 1. The van der Waals surface area contributed by atoms with Crippen LogP contribution < -0.4 is 0 Å². The van der Waals surface area contributed by atoms with Crippen LogP contribution in [0.5, 0.6) is 0 Å². The number of aromatic nitrogens is 1. The van der Waals surface area contributed by atoms with Crippen molar-refractivity contribution in [1.29, 1.82) is 0 Å². The van der Waals surface area contributed by atoms with Crippen LogP contribution in [0.15, 0.2) is 11.6 Å². The van der Waals surface area contributed by atoms with E-state index in [0.717, 1.165) is 52.2 Å². The highest BCUT2D eigenvalue weighted by Crippen LogP contribution is 2.36. The van der Waals surface area contributed by atoms with Crippen molar-refractivity contribution >= 4 is 17.2 Å². The second kappa shape index (κ2) is 6.42. The van der Waals surface area contributed by atoms with E-state index in [9.17, 15) is 4.79 Å². The van der Waals surface area contributed by atoms with Gasteiger partial charge < -0.3 is 9.64 Å². The molecule has 0 atom stereocenters. The number of rotatable bonds is 3. The molecular weight excluding hydrogens is 286 g/mol. The number of hydrogen-bond acceptors (Lipinski definition) is 5. The summed E-state index contributed by atoms with van der Waals surface area (Å²) in [5, 5.41) is 3.25. The zero-order valence-corrected chi connectivity index (χ0v) is 13.4. The SMILES string of the molecule is CC1(c2nccs2)CCN(C(=O)CN2CCOCC2)CC1. The average Bonchev–Trinajstić information content (AvgIpc) is 3.04. The maximum Gasteiger partial charge on any atom is 0.236 e. The van der Waals surface area contributed by atoms with Gasteiger partial charge in [-0.2, -0.15) is 0 Å². The molecule has 6 heteroatoms. The van der Waals surface area contributed by atoms with Crippen LogP contribution in [0, 0.1) is 0 Å². The van der Waals surface area contributed by atoms with Gasteiger partial charge in [0.15, 0.2) is 0 Å². The third kappa shape index (κ3) is 3.44. The fraction of sp³-hybridized carbons (Fsp3) is 0.733. The monoisotopic (exact) mass is 309 g/mol. The Balaban J connectivity index is 1.52. The summed E-state index contributed by atoms with van der Waals surface area (Å²) >= 11 is 1.73. The predicted molar refractivity (Wildman–Crippen MR) is 82.5 cm³/mol. The minimum atomic E-state index is 0.143. The Kier molecular flexibility index (Phi) is 4.57. The number of thiazole rings is 1. The predicted octanol–water partition coefficient (Wildman–Crippen LogP) is 1.36. The summed E-state index contributed by atoms with van der Waals surface area (Å²) in [5.41, 5.74) is 0.143. The molecule has 0 aromatic carbocycles. The number of hydrogen-bond donors (Lipinski definition) is 0. The van der Waals surface area contributed by atoms with Crippen molar-refractivity contribution in [1.82, 2.24) is 14.8 Å². The van der Waals surface area contributed by atoms with Gasteiger partial charge in [-0.1, -0.05) is 6.92 Å². The maximum atomic E-state index is 12.4. The van der Waals surface area contributed by atoms with Crippen molar-refractivity contribution in [3.63, 3.8) is 0 Å². The first-order chi connectivity index (χ1) is 10.2. The van der Waals surface area contributed by atoms with E-state index in [0.29, 0.717) is 6.54 Å². The standard InChI is InChI=1S/C15H23N3O2S/c1-15(14-16-4-11-21-14)2-5-18(6-3-15)13(19)12-17-7-9-20-10-8-17/h4,11H,2-3,5-10,12H2,1H3. The van der Waals surface area contributed by atoms with Crippen molar-refractivity contribution in [2.45, 2.75) is 25.2 Å². The lowest BCUT2D eigenvalue weighted by Gasteiger charge is -2.39. The Morgan fingerprint density at radius 2 is 2.05 bits per heavy atom. The van der Waals surface area contributed by atoms with Gasteiger partial charge in [-0.15, -0.1) is 11.3 Å². The number of carbonyl (C=O) groups excluding carboxylic acids is 1. The molecule has 1 aromatic heterocycles. The molecule has 0 unspecified atom stereocenters. The summed E-state index contributed by atoms with van der Waals surface area (Å²) in [5.74, 6) is 0.262. The molecule has 2 saturated heterocycles. The smallest absolute Gasteiger partial charge is 0.236 e. The summed E-state index contributed by atoms with van der Waals surface area (Å²) in [6.07, 6.45) is 3.89. The van der Waals surface area contributed by atoms with Crippen LogP contribution in [-0.2, 0) is 14.9 Å². The van der Waals surface area contributed by atoms with E-state index in [1.807, 2.05) is 16.5 Å². The second-order valence-electron chi connectivity index (χ2n) is 6.17. The van der Waals surface area contributed by atoms with Crippen molar-refractivity contribution in [3.05, 3.63) is 16.6 Å². The fourth-order valence-corrected chi connectivity index (χ4v) is 3.90. The normalized spacial score (nSPS) is 23.2.